The van der Waals surface area contributed by atoms with Crippen LogP contribution < -0.4 is 15.3 Å². The molecule has 3 atom stereocenters. The lowest BCUT2D eigenvalue weighted by atomic mass is 10.0. The predicted octanol–water partition coefficient (Wildman–Crippen LogP) is 5.60. The summed E-state index contributed by atoms with van der Waals surface area (Å²) in [5, 5.41) is 2.82. The van der Waals surface area contributed by atoms with Crippen molar-refractivity contribution in [3.05, 3.63) is 48.7 Å². The lowest BCUT2D eigenvalue weighted by Gasteiger charge is -2.39. The van der Waals surface area contributed by atoms with Crippen molar-refractivity contribution in [1.29, 1.82) is 0 Å². The van der Waals surface area contributed by atoms with E-state index in [9.17, 15) is 9.59 Å². The van der Waals surface area contributed by atoms with Gasteiger partial charge in [-0.1, -0.05) is 39.0 Å². The zero-order valence-corrected chi connectivity index (χ0v) is 22.0. The molecular weight excluding hydrogens is 440 g/mol. The molecule has 0 spiro atoms. The van der Waals surface area contributed by atoms with Crippen LogP contribution in [0.25, 0.3) is 11.3 Å². The second kappa shape index (κ2) is 11.2. The van der Waals surface area contributed by atoms with Crippen LogP contribution in [0.1, 0.15) is 67.2 Å². The molecule has 2 amide bonds. The SMILES string of the molecule is CCC1CCC[N+]1(NC(=O)[C@H](CC(C)C)NC(=O)OC(C)(C)C)c1cccc(-c2ccccn2)c1. The molecule has 35 heavy (non-hydrogen) atoms. The third kappa shape index (κ3) is 6.82. The van der Waals surface area contributed by atoms with Gasteiger partial charge < -0.3 is 10.1 Å². The van der Waals surface area contributed by atoms with Crippen LogP contribution in [0.15, 0.2) is 48.7 Å². The minimum absolute atomic E-state index is 0.187. The number of benzene rings is 1. The number of quaternary nitrogens is 1. The maximum absolute atomic E-state index is 13.7. The maximum Gasteiger partial charge on any atom is 0.408 e. The Labute approximate surface area is 209 Å². The van der Waals surface area contributed by atoms with Crippen LogP contribution in [0, 0.1) is 5.92 Å². The standard InChI is InChI=1S/C28H40N4O3/c1-7-22-14-11-17-32(22,23-13-10-12-21(19-23)24-15-8-9-16-29-24)31-26(33)25(18-20(2)3)30-27(34)35-28(4,5)6/h8-10,12-13,15-16,19-20,22,25H,7,11,14,17-18H2,1-6H3,(H-,30,31,33,34)/p+1/t22?,25-,32?/m0/s1. The Morgan fingerprint density at radius 2 is 1.94 bits per heavy atom. The summed E-state index contributed by atoms with van der Waals surface area (Å²) in [7, 11) is 0. The molecule has 2 N–H and O–H groups in total. The van der Waals surface area contributed by atoms with E-state index in [4.69, 9.17) is 4.74 Å². The molecule has 1 aliphatic rings. The number of pyridine rings is 1. The first-order valence-corrected chi connectivity index (χ1v) is 12.8. The molecule has 1 aromatic heterocycles. The van der Waals surface area contributed by atoms with E-state index in [2.05, 4.69) is 34.8 Å². The third-order valence-electron chi connectivity index (χ3n) is 6.43. The molecule has 0 saturated carbocycles. The molecule has 0 radical (unpaired) electrons. The summed E-state index contributed by atoms with van der Waals surface area (Å²) in [4.78, 5) is 30.8. The molecule has 7 nitrogen and oxygen atoms in total. The Morgan fingerprint density at radius 1 is 1.17 bits per heavy atom. The molecule has 1 fully saturated rings. The van der Waals surface area contributed by atoms with E-state index in [1.54, 1.807) is 6.20 Å². The van der Waals surface area contributed by atoms with Gasteiger partial charge in [-0.15, -0.1) is 0 Å². The third-order valence-corrected chi connectivity index (χ3v) is 6.43. The normalized spacial score (nSPS) is 20.9. The van der Waals surface area contributed by atoms with Crippen LogP contribution in [0.2, 0.25) is 0 Å². The van der Waals surface area contributed by atoms with Gasteiger partial charge in [0.25, 0.3) is 5.91 Å². The minimum Gasteiger partial charge on any atom is -0.444 e. The van der Waals surface area contributed by atoms with Gasteiger partial charge in [0.1, 0.15) is 24.2 Å². The number of aromatic nitrogens is 1. The molecule has 2 unspecified atom stereocenters. The maximum atomic E-state index is 13.7. The Hall–Kier alpha value is -2.93. The zero-order chi connectivity index (χ0) is 25.6. The summed E-state index contributed by atoms with van der Waals surface area (Å²) in [6, 6.07) is 13.7. The topological polar surface area (TPSA) is 80.3 Å². The number of alkyl carbamates (subject to hydrolysis) is 1. The van der Waals surface area contributed by atoms with Crippen molar-refractivity contribution in [3.8, 4) is 11.3 Å². The Morgan fingerprint density at radius 3 is 2.57 bits per heavy atom. The van der Waals surface area contributed by atoms with Gasteiger partial charge in [0, 0.05) is 36.7 Å². The number of ether oxygens (including phenoxy) is 1. The van der Waals surface area contributed by atoms with Crippen molar-refractivity contribution in [2.45, 2.75) is 84.9 Å². The second-order valence-electron chi connectivity index (χ2n) is 10.9. The highest BCUT2D eigenvalue weighted by Crippen LogP contribution is 2.36. The van der Waals surface area contributed by atoms with Gasteiger partial charge in [-0.05, 0) is 51.7 Å². The molecule has 1 aromatic carbocycles. The van der Waals surface area contributed by atoms with Crippen molar-refractivity contribution in [2.75, 3.05) is 6.54 Å². The fraction of sp³-hybridized carbons (Fsp3) is 0.536. The second-order valence-corrected chi connectivity index (χ2v) is 10.9. The number of nitrogens with zero attached hydrogens (tertiary/aromatic N) is 2. The van der Waals surface area contributed by atoms with Gasteiger partial charge >= 0.3 is 6.09 Å². The largest absolute Gasteiger partial charge is 0.444 e. The smallest absolute Gasteiger partial charge is 0.408 e. The van der Waals surface area contributed by atoms with Crippen molar-refractivity contribution in [3.63, 3.8) is 0 Å². The summed E-state index contributed by atoms with van der Waals surface area (Å²) >= 11 is 0. The molecule has 2 aromatic rings. The Bertz CT molecular complexity index is 1000. The Balaban J connectivity index is 1.92. The highest BCUT2D eigenvalue weighted by atomic mass is 16.6. The molecule has 7 heteroatoms. The fourth-order valence-corrected chi connectivity index (χ4v) is 4.92. The van der Waals surface area contributed by atoms with Crippen LogP contribution in [-0.2, 0) is 9.53 Å². The average Bonchev–Trinajstić information content (AvgIpc) is 3.21. The number of nitrogens with one attached hydrogen (secondary N) is 2. The minimum atomic E-state index is -0.683. The van der Waals surface area contributed by atoms with Gasteiger partial charge in [0.15, 0.2) is 5.69 Å². The van der Waals surface area contributed by atoms with Gasteiger partial charge in [-0.3, -0.25) is 9.78 Å². The quantitative estimate of drug-likeness (QED) is 0.481. The van der Waals surface area contributed by atoms with E-state index >= 15 is 0 Å². The van der Waals surface area contributed by atoms with E-state index in [1.807, 2.05) is 65.0 Å². The number of rotatable bonds is 8. The predicted molar refractivity (Wildman–Crippen MR) is 140 cm³/mol. The van der Waals surface area contributed by atoms with Crippen molar-refractivity contribution >= 4 is 17.7 Å². The number of hydrogen-bond donors (Lipinski definition) is 2. The molecule has 1 aliphatic heterocycles. The highest BCUT2D eigenvalue weighted by Gasteiger charge is 2.46. The van der Waals surface area contributed by atoms with Crippen LogP contribution in [-0.4, -0.2) is 41.2 Å². The van der Waals surface area contributed by atoms with Crippen LogP contribution >= 0.6 is 0 Å². The Kier molecular flexibility index (Phi) is 8.54. The molecule has 190 valence electrons. The van der Waals surface area contributed by atoms with E-state index in [-0.39, 0.29) is 17.9 Å². The summed E-state index contributed by atoms with van der Waals surface area (Å²) in [6.45, 7) is 12.5. The van der Waals surface area contributed by atoms with Crippen molar-refractivity contribution in [2.24, 2.45) is 5.92 Å². The lowest BCUT2D eigenvalue weighted by molar-refractivity contribution is -0.128. The molecule has 1 saturated heterocycles. The molecule has 0 aliphatic carbocycles. The molecular formula is C28H41N4O3+. The van der Waals surface area contributed by atoms with Crippen LogP contribution in [0.3, 0.4) is 0 Å². The first-order valence-electron chi connectivity index (χ1n) is 12.8. The summed E-state index contributed by atoms with van der Waals surface area (Å²) in [5.41, 5.74) is 5.68. The molecule has 0 bridgehead atoms. The number of amides is 2. The van der Waals surface area contributed by atoms with E-state index in [0.29, 0.717) is 11.0 Å². The van der Waals surface area contributed by atoms with Crippen LogP contribution in [0.5, 0.6) is 0 Å². The fourth-order valence-electron chi connectivity index (χ4n) is 4.92. The summed E-state index contributed by atoms with van der Waals surface area (Å²) in [5.74, 6) is 0.0373. The van der Waals surface area contributed by atoms with Gasteiger partial charge in [-0.25, -0.2) is 4.79 Å². The first kappa shape index (κ1) is 26.7. The molecule has 3 rings (SSSR count). The first-order chi connectivity index (χ1) is 16.5. The molecule has 2 heterocycles. The average molecular weight is 482 g/mol. The monoisotopic (exact) mass is 481 g/mol. The van der Waals surface area contributed by atoms with Gasteiger partial charge in [-0.2, -0.15) is 10.0 Å². The summed E-state index contributed by atoms with van der Waals surface area (Å²) < 4.78 is 5.82. The van der Waals surface area contributed by atoms with E-state index in [0.717, 1.165) is 42.8 Å². The van der Waals surface area contributed by atoms with Crippen molar-refractivity contribution in [1.82, 2.24) is 20.3 Å². The van der Waals surface area contributed by atoms with E-state index < -0.39 is 17.7 Å². The van der Waals surface area contributed by atoms with Crippen LogP contribution in [0.4, 0.5) is 10.5 Å². The van der Waals surface area contributed by atoms with Crippen molar-refractivity contribution < 1.29 is 14.3 Å². The van der Waals surface area contributed by atoms with E-state index in [1.165, 1.54) is 0 Å². The number of carbonyl (C=O) groups excluding carboxylic acids is 2. The lowest BCUT2D eigenvalue weighted by Crippen LogP contribution is -2.67. The number of carbonyl (C=O) groups is 2. The summed E-state index contributed by atoms with van der Waals surface area (Å²) in [6.07, 6.45) is 4.71. The number of hydrogen-bond acceptors (Lipinski definition) is 4. The highest BCUT2D eigenvalue weighted by molar-refractivity contribution is 5.86. The zero-order valence-electron chi connectivity index (χ0n) is 22.0. The van der Waals surface area contributed by atoms with Gasteiger partial charge in [0.2, 0.25) is 0 Å². The van der Waals surface area contributed by atoms with Gasteiger partial charge in [0.05, 0.1) is 5.69 Å².